The van der Waals surface area contributed by atoms with E-state index in [0.717, 1.165) is 15.7 Å². The summed E-state index contributed by atoms with van der Waals surface area (Å²) in [6, 6.07) is 14.3. The first kappa shape index (κ1) is 21.0. The minimum atomic E-state index is -1.03. The van der Waals surface area contributed by atoms with E-state index in [9.17, 15) is 9.59 Å². The van der Waals surface area contributed by atoms with Crippen LogP contribution in [0.15, 0.2) is 62.9 Å². The zero-order valence-electron chi connectivity index (χ0n) is 13.7. The lowest BCUT2D eigenvalue weighted by Gasteiger charge is -2.03. The third-order valence-corrected chi connectivity index (χ3v) is 4.69. The van der Waals surface area contributed by atoms with Crippen LogP contribution < -0.4 is 10.1 Å². The summed E-state index contributed by atoms with van der Waals surface area (Å²) in [5.74, 6) is -0.791. The molecule has 27 heavy (non-hydrogen) atoms. The van der Waals surface area contributed by atoms with E-state index < -0.39 is 12.6 Å². The van der Waals surface area contributed by atoms with E-state index in [2.05, 4.69) is 26.2 Å². The molecule has 1 aliphatic rings. The van der Waals surface area contributed by atoms with E-state index in [1.807, 2.05) is 24.3 Å². The number of carboxylic acids is 1. The number of carboxylic acid groups (broad SMARTS) is 1. The molecule has 0 saturated carbocycles. The Morgan fingerprint density at radius 3 is 2.48 bits per heavy atom. The number of aliphatic imine (C=N–C) groups is 1. The van der Waals surface area contributed by atoms with Gasteiger partial charge in [0.2, 0.25) is 0 Å². The number of aliphatic carboxylic acids is 1. The molecule has 3 rings (SSSR count). The van der Waals surface area contributed by atoms with Gasteiger partial charge >= 0.3 is 5.97 Å². The maximum Gasteiger partial charge on any atom is 0.341 e. The van der Waals surface area contributed by atoms with Crippen molar-refractivity contribution in [2.45, 2.75) is 0 Å². The summed E-state index contributed by atoms with van der Waals surface area (Å²) < 4.78 is 6.04. The molecule has 0 aliphatic carbocycles. The fourth-order valence-corrected chi connectivity index (χ4v) is 3.18. The van der Waals surface area contributed by atoms with Gasteiger partial charge in [0.15, 0.2) is 11.8 Å². The minimum Gasteiger partial charge on any atom is -0.482 e. The minimum absolute atomic E-state index is 0. The summed E-state index contributed by atoms with van der Waals surface area (Å²) in [5, 5.41) is 11.9. The Morgan fingerprint density at radius 2 is 1.85 bits per heavy atom. The lowest BCUT2D eigenvalue weighted by molar-refractivity contribution is -0.139. The van der Waals surface area contributed by atoms with Crippen LogP contribution >= 0.6 is 40.1 Å². The van der Waals surface area contributed by atoms with Gasteiger partial charge in [-0.2, -0.15) is 0 Å². The zero-order chi connectivity index (χ0) is 18.5. The van der Waals surface area contributed by atoms with Crippen molar-refractivity contribution in [2.75, 3.05) is 6.61 Å². The molecule has 2 aromatic carbocycles. The lowest BCUT2D eigenvalue weighted by atomic mass is 10.2. The molecular weight excluding hydrogens is 456 g/mol. The van der Waals surface area contributed by atoms with Crippen LogP contribution in [0.4, 0.5) is 5.69 Å². The topological polar surface area (TPSA) is 88.0 Å². The number of hydrogen-bond donors (Lipinski definition) is 2. The Hall–Kier alpha value is -2.29. The first-order valence-corrected chi connectivity index (χ1v) is 9.10. The van der Waals surface area contributed by atoms with Gasteiger partial charge in [-0.1, -0.05) is 28.1 Å². The van der Waals surface area contributed by atoms with Gasteiger partial charge in [0, 0.05) is 4.47 Å². The molecule has 2 N–H and O–H groups in total. The standard InChI is InChI=1S/C18H13BrN2O4S.ClH/c19-12-3-5-13(6-4-12)20-18-21-17(24)15(26-18)9-11-1-7-14(8-2-11)25-10-16(22)23;/h1-9H,10H2,(H,22,23)(H,20,21,24);1H. The summed E-state index contributed by atoms with van der Waals surface area (Å²) in [4.78, 5) is 27.5. The van der Waals surface area contributed by atoms with Crippen molar-refractivity contribution in [1.82, 2.24) is 5.32 Å². The van der Waals surface area contributed by atoms with Crippen LogP contribution in [0.1, 0.15) is 5.56 Å². The highest BCUT2D eigenvalue weighted by Gasteiger charge is 2.23. The van der Waals surface area contributed by atoms with Crippen molar-refractivity contribution in [3.63, 3.8) is 0 Å². The number of carbonyl (C=O) groups excluding carboxylic acids is 1. The van der Waals surface area contributed by atoms with E-state index in [0.29, 0.717) is 15.8 Å². The van der Waals surface area contributed by atoms with E-state index in [1.165, 1.54) is 11.8 Å². The Morgan fingerprint density at radius 1 is 1.19 bits per heavy atom. The van der Waals surface area contributed by atoms with Crippen LogP contribution in [0, 0.1) is 0 Å². The van der Waals surface area contributed by atoms with Crippen LogP contribution in [0.5, 0.6) is 5.75 Å². The largest absolute Gasteiger partial charge is 0.482 e. The fourth-order valence-electron chi connectivity index (χ4n) is 2.07. The number of nitrogens with zero attached hydrogens (tertiary/aromatic N) is 1. The number of hydrogen-bond acceptors (Lipinski definition) is 5. The second kappa shape index (κ2) is 9.59. The maximum atomic E-state index is 12.1. The molecule has 0 bridgehead atoms. The molecule has 1 saturated heterocycles. The second-order valence-corrected chi connectivity index (χ2v) is 7.16. The highest BCUT2D eigenvalue weighted by Crippen LogP contribution is 2.28. The van der Waals surface area contributed by atoms with Gasteiger partial charge < -0.3 is 15.2 Å². The monoisotopic (exact) mass is 468 g/mol. The highest BCUT2D eigenvalue weighted by molar-refractivity contribution is 9.10. The van der Waals surface area contributed by atoms with Crippen LogP contribution in [0.3, 0.4) is 0 Å². The van der Waals surface area contributed by atoms with Gasteiger partial charge in [0.1, 0.15) is 5.75 Å². The number of benzene rings is 2. The molecule has 1 heterocycles. The molecule has 0 unspecified atom stereocenters. The van der Waals surface area contributed by atoms with Gasteiger partial charge in [-0.05, 0) is 59.8 Å². The Balaban J connectivity index is 0.00000261. The first-order valence-electron chi connectivity index (χ1n) is 7.49. The van der Waals surface area contributed by atoms with Gasteiger partial charge in [-0.25, -0.2) is 9.79 Å². The van der Waals surface area contributed by atoms with Crippen LogP contribution in [-0.2, 0) is 9.59 Å². The van der Waals surface area contributed by atoms with E-state index in [1.54, 1.807) is 30.3 Å². The number of amidine groups is 1. The molecule has 1 fully saturated rings. The molecule has 0 atom stereocenters. The number of carbonyl (C=O) groups is 2. The molecule has 1 amide bonds. The van der Waals surface area contributed by atoms with E-state index in [-0.39, 0.29) is 18.3 Å². The predicted octanol–water partition coefficient (Wildman–Crippen LogP) is 4.23. The van der Waals surface area contributed by atoms with Crippen molar-refractivity contribution in [1.29, 1.82) is 0 Å². The van der Waals surface area contributed by atoms with Crippen molar-refractivity contribution in [2.24, 2.45) is 4.99 Å². The maximum absolute atomic E-state index is 12.1. The average Bonchev–Trinajstić information content (AvgIpc) is 2.95. The fraction of sp³-hybridized carbons (Fsp3) is 0.0556. The quantitative estimate of drug-likeness (QED) is 0.640. The van der Waals surface area contributed by atoms with Gasteiger partial charge in [-0.15, -0.1) is 12.4 Å². The molecule has 0 aromatic heterocycles. The highest BCUT2D eigenvalue weighted by atomic mass is 79.9. The summed E-state index contributed by atoms with van der Waals surface area (Å²) in [7, 11) is 0. The van der Waals surface area contributed by atoms with Crippen LogP contribution in [0.25, 0.3) is 6.08 Å². The Kier molecular flexibility index (Phi) is 7.46. The van der Waals surface area contributed by atoms with Gasteiger partial charge in [0.05, 0.1) is 10.6 Å². The average molecular weight is 470 g/mol. The van der Waals surface area contributed by atoms with Crippen molar-refractivity contribution in [3.05, 3.63) is 63.5 Å². The number of halogens is 2. The number of amides is 1. The number of nitrogens with one attached hydrogen (secondary N) is 1. The first-order chi connectivity index (χ1) is 12.5. The Bertz CT molecular complexity index is 899. The number of ether oxygens (including phenoxy) is 1. The molecule has 2 aromatic rings. The summed E-state index contributed by atoms with van der Waals surface area (Å²) in [6.45, 7) is -0.394. The molecule has 0 radical (unpaired) electrons. The molecule has 0 spiro atoms. The Labute approximate surface area is 174 Å². The predicted molar refractivity (Wildman–Crippen MR) is 112 cm³/mol. The van der Waals surface area contributed by atoms with Crippen molar-refractivity contribution < 1.29 is 19.4 Å². The van der Waals surface area contributed by atoms with Gasteiger partial charge in [0.25, 0.3) is 5.91 Å². The SMILES string of the molecule is Cl.O=C(O)COc1ccc(C=C2SC(=Nc3ccc(Br)cc3)NC2=O)cc1. The zero-order valence-corrected chi connectivity index (χ0v) is 16.9. The summed E-state index contributed by atoms with van der Waals surface area (Å²) >= 11 is 4.63. The smallest absolute Gasteiger partial charge is 0.341 e. The van der Waals surface area contributed by atoms with Gasteiger partial charge in [-0.3, -0.25) is 4.79 Å². The van der Waals surface area contributed by atoms with E-state index in [4.69, 9.17) is 9.84 Å². The third kappa shape index (κ3) is 6.13. The van der Waals surface area contributed by atoms with Crippen molar-refractivity contribution in [3.8, 4) is 5.75 Å². The molecule has 6 nitrogen and oxygen atoms in total. The van der Waals surface area contributed by atoms with Crippen molar-refractivity contribution >= 4 is 68.9 Å². The number of thioether (sulfide) groups is 1. The van der Waals surface area contributed by atoms with Crippen LogP contribution in [-0.4, -0.2) is 28.8 Å². The lowest BCUT2D eigenvalue weighted by Crippen LogP contribution is -2.19. The molecule has 140 valence electrons. The molecular formula is C18H14BrClN2O4S. The summed E-state index contributed by atoms with van der Waals surface area (Å²) in [5.41, 5.74) is 1.55. The van der Waals surface area contributed by atoms with Crippen LogP contribution in [0.2, 0.25) is 0 Å². The third-order valence-electron chi connectivity index (χ3n) is 3.25. The molecule has 1 aliphatic heterocycles. The summed E-state index contributed by atoms with van der Waals surface area (Å²) in [6.07, 6.45) is 1.74. The molecule has 9 heteroatoms. The number of rotatable bonds is 5. The van der Waals surface area contributed by atoms with E-state index >= 15 is 0 Å². The normalized spacial score (nSPS) is 16.1. The second-order valence-electron chi connectivity index (χ2n) is 5.21.